The lowest BCUT2D eigenvalue weighted by Crippen LogP contribution is -2.52. The molecule has 37 heavy (non-hydrogen) atoms. The summed E-state index contributed by atoms with van der Waals surface area (Å²) >= 11 is 1.68. The number of hydrogen-bond donors (Lipinski definition) is 2. The van der Waals surface area contributed by atoms with Crippen molar-refractivity contribution in [2.24, 2.45) is 0 Å². The van der Waals surface area contributed by atoms with Gasteiger partial charge in [0.15, 0.2) is 0 Å². The number of carbonyl (C=O) groups is 1. The van der Waals surface area contributed by atoms with E-state index in [-0.39, 0.29) is 6.03 Å². The molecule has 3 aliphatic heterocycles. The van der Waals surface area contributed by atoms with E-state index in [1.54, 1.807) is 11.8 Å². The SMILES string of the molecule is CSc1cccc(NC(=O)N2CCC(N3CCCC(Nc4nccc(N5CCCCCC5)n4)C3)CC2)c1. The van der Waals surface area contributed by atoms with Gasteiger partial charge in [-0.2, -0.15) is 4.98 Å². The first-order valence-electron chi connectivity index (χ1n) is 14.0. The lowest BCUT2D eigenvalue weighted by molar-refractivity contribution is 0.0997. The minimum Gasteiger partial charge on any atom is -0.356 e. The summed E-state index contributed by atoms with van der Waals surface area (Å²) in [4.78, 5) is 30.4. The molecule has 0 spiro atoms. The van der Waals surface area contributed by atoms with E-state index < -0.39 is 0 Å². The zero-order valence-electron chi connectivity index (χ0n) is 22.1. The highest BCUT2D eigenvalue weighted by atomic mass is 32.2. The average molecular weight is 524 g/mol. The van der Waals surface area contributed by atoms with Crippen LogP contribution in [0, 0.1) is 0 Å². The highest BCUT2D eigenvalue weighted by Crippen LogP contribution is 2.25. The van der Waals surface area contributed by atoms with E-state index in [4.69, 9.17) is 4.98 Å². The van der Waals surface area contributed by atoms with Gasteiger partial charge in [0.05, 0.1) is 0 Å². The molecular weight excluding hydrogens is 482 g/mol. The second-order valence-electron chi connectivity index (χ2n) is 10.5. The summed E-state index contributed by atoms with van der Waals surface area (Å²) in [6.07, 6.45) is 13.4. The monoisotopic (exact) mass is 523 g/mol. The molecule has 8 nitrogen and oxygen atoms in total. The number of nitrogens with one attached hydrogen (secondary N) is 2. The third kappa shape index (κ3) is 7.08. The number of benzene rings is 1. The van der Waals surface area contributed by atoms with Crippen LogP contribution in [0.2, 0.25) is 0 Å². The van der Waals surface area contributed by atoms with Crippen molar-refractivity contribution in [3.63, 3.8) is 0 Å². The van der Waals surface area contributed by atoms with Gasteiger partial charge in [0.1, 0.15) is 5.82 Å². The highest BCUT2D eigenvalue weighted by molar-refractivity contribution is 7.98. The fraction of sp³-hybridized carbons (Fsp3) is 0.607. The summed E-state index contributed by atoms with van der Waals surface area (Å²) in [7, 11) is 0. The Balaban J connectivity index is 1.11. The Morgan fingerprint density at radius 1 is 0.973 bits per heavy atom. The van der Waals surface area contributed by atoms with Crippen LogP contribution in [0.4, 0.5) is 22.2 Å². The molecule has 0 aliphatic carbocycles. The molecule has 200 valence electrons. The van der Waals surface area contributed by atoms with Crippen molar-refractivity contribution < 1.29 is 4.79 Å². The van der Waals surface area contributed by atoms with Crippen LogP contribution in [-0.4, -0.2) is 83.4 Å². The molecule has 4 heterocycles. The van der Waals surface area contributed by atoms with Crippen LogP contribution in [0.5, 0.6) is 0 Å². The molecule has 1 atom stereocenters. The van der Waals surface area contributed by atoms with Crippen molar-refractivity contribution in [2.45, 2.75) is 68.3 Å². The molecule has 3 fully saturated rings. The van der Waals surface area contributed by atoms with Crippen LogP contribution in [-0.2, 0) is 0 Å². The van der Waals surface area contributed by atoms with Gasteiger partial charge in [-0.25, -0.2) is 9.78 Å². The van der Waals surface area contributed by atoms with Gasteiger partial charge in [0.2, 0.25) is 5.95 Å². The lowest BCUT2D eigenvalue weighted by atomic mass is 9.98. The van der Waals surface area contributed by atoms with Gasteiger partial charge in [-0.05, 0) is 75.6 Å². The Kier molecular flexibility index (Phi) is 9.05. The summed E-state index contributed by atoms with van der Waals surface area (Å²) in [6, 6.07) is 11.0. The van der Waals surface area contributed by atoms with Crippen molar-refractivity contribution in [3.05, 3.63) is 36.5 Å². The zero-order valence-corrected chi connectivity index (χ0v) is 22.9. The summed E-state index contributed by atoms with van der Waals surface area (Å²) in [5.74, 6) is 1.81. The van der Waals surface area contributed by atoms with Crippen LogP contribution >= 0.6 is 11.8 Å². The minimum atomic E-state index is 0.0105. The van der Waals surface area contributed by atoms with E-state index >= 15 is 0 Å². The maximum Gasteiger partial charge on any atom is 0.321 e. The van der Waals surface area contributed by atoms with E-state index in [9.17, 15) is 4.79 Å². The van der Waals surface area contributed by atoms with E-state index in [0.29, 0.717) is 12.1 Å². The summed E-state index contributed by atoms with van der Waals surface area (Å²) in [5, 5.41) is 6.72. The van der Waals surface area contributed by atoms with Gasteiger partial charge in [-0.1, -0.05) is 18.9 Å². The van der Waals surface area contributed by atoms with E-state index in [1.807, 2.05) is 41.6 Å². The van der Waals surface area contributed by atoms with Crippen molar-refractivity contribution >= 4 is 35.2 Å². The molecule has 3 saturated heterocycles. The molecule has 5 rings (SSSR count). The molecule has 1 aromatic carbocycles. The molecule has 3 aliphatic rings. The number of aromatic nitrogens is 2. The van der Waals surface area contributed by atoms with Gasteiger partial charge >= 0.3 is 6.03 Å². The van der Waals surface area contributed by atoms with Gasteiger partial charge in [-0.15, -0.1) is 11.8 Å². The molecule has 0 bridgehead atoms. The fourth-order valence-electron chi connectivity index (χ4n) is 5.87. The Hall–Kier alpha value is -2.52. The van der Waals surface area contributed by atoms with Crippen molar-refractivity contribution in [1.82, 2.24) is 19.8 Å². The predicted octanol–water partition coefficient (Wildman–Crippen LogP) is 5.15. The molecule has 2 aromatic rings. The first kappa shape index (κ1) is 26.1. The Bertz CT molecular complexity index is 1020. The summed E-state index contributed by atoms with van der Waals surface area (Å²) in [5.41, 5.74) is 0.867. The maximum atomic E-state index is 12.8. The van der Waals surface area contributed by atoms with Crippen molar-refractivity contribution in [3.8, 4) is 0 Å². The topological polar surface area (TPSA) is 76.6 Å². The summed E-state index contributed by atoms with van der Waals surface area (Å²) < 4.78 is 0. The van der Waals surface area contributed by atoms with Crippen LogP contribution in [0.25, 0.3) is 0 Å². The third-order valence-electron chi connectivity index (χ3n) is 7.95. The number of carbonyl (C=O) groups excluding carboxylic acids is 1. The molecule has 1 aromatic heterocycles. The number of nitrogens with zero attached hydrogens (tertiary/aromatic N) is 5. The van der Waals surface area contributed by atoms with Crippen LogP contribution in [0.3, 0.4) is 0 Å². The molecule has 2 amide bonds. The second-order valence-corrected chi connectivity index (χ2v) is 11.4. The molecule has 9 heteroatoms. The predicted molar refractivity (Wildman–Crippen MR) is 153 cm³/mol. The number of anilines is 3. The number of likely N-dealkylation sites (tertiary alicyclic amines) is 2. The van der Waals surface area contributed by atoms with E-state index in [2.05, 4.69) is 31.5 Å². The molecule has 0 radical (unpaired) electrons. The first-order chi connectivity index (χ1) is 18.2. The number of piperidine rings is 2. The van der Waals surface area contributed by atoms with Crippen LogP contribution < -0.4 is 15.5 Å². The van der Waals surface area contributed by atoms with Crippen LogP contribution in [0.1, 0.15) is 51.4 Å². The van der Waals surface area contributed by atoms with Gasteiger partial charge in [0, 0.05) is 61.6 Å². The quantitative estimate of drug-likeness (QED) is 0.507. The van der Waals surface area contributed by atoms with Gasteiger partial charge in [0.25, 0.3) is 0 Å². The first-order valence-corrected chi connectivity index (χ1v) is 15.2. The summed E-state index contributed by atoms with van der Waals surface area (Å²) in [6.45, 7) is 5.92. The normalized spacial score (nSPS) is 21.9. The number of urea groups is 1. The number of rotatable bonds is 6. The Morgan fingerprint density at radius 3 is 2.57 bits per heavy atom. The van der Waals surface area contributed by atoms with Gasteiger partial charge < -0.3 is 20.4 Å². The molecule has 1 unspecified atom stereocenters. The van der Waals surface area contributed by atoms with Crippen molar-refractivity contribution in [2.75, 3.05) is 61.1 Å². The maximum absolute atomic E-state index is 12.8. The number of thioether (sulfide) groups is 1. The molecule has 0 saturated carbocycles. The zero-order chi connectivity index (χ0) is 25.5. The fourth-order valence-corrected chi connectivity index (χ4v) is 6.33. The standard InChI is InChI=1S/C28H41N7OS/c1-37-25-10-6-8-22(20-25)31-28(36)34-18-12-24(13-19-34)35-17-7-9-23(21-35)30-27-29-14-11-26(32-27)33-15-4-2-3-5-16-33/h6,8,10-11,14,20,23-24H,2-5,7,9,12-13,15-19,21H2,1H3,(H,31,36)(H,29,30,32). The number of hydrogen-bond acceptors (Lipinski definition) is 7. The molecular formula is C28H41N7OS. The van der Waals surface area contributed by atoms with Gasteiger partial charge in [-0.3, -0.25) is 4.90 Å². The highest BCUT2D eigenvalue weighted by Gasteiger charge is 2.30. The van der Waals surface area contributed by atoms with Crippen LogP contribution in [0.15, 0.2) is 41.4 Å². The smallest absolute Gasteiger partial charge is 0.321 e. The minimum absolute atomic E-state index is 0.0105. The van der Waals surface area contributed by atoms with E-state index in [0.717, 1.165) is 80.9 Å². The second kappa shape index (κ2) is 12.8. The lowest BCUT2D eigenvalue weighted by Gasteiger charge is -2.42. The third-order valence-corrected chi connectivity index (χ3v) is 8.67. The van der Waals surface area contributed by atoms with Crippen molar-refractivity contribution in [1.29, 1.82) is 0 Å². The average Bonchev–Trinajstić information content (AvgIpc) is 3.23. The Labute approximate surface area is 225 Å². The van der Waals surface area contributed by atoms with E-state index in [1.165, 1.54) is 32.1 Å². The number of amides is 2. The largest absolute Gasteiger partial charge is 0.356 e. The molecule has 2 N–H and O–H groups in total. The Morgan fingerprint density at radius 2 is 1.78 bits per heavy atom.